The summed E-state index contributed by atoms with van der Waals surface area (Å²) in [6, 6.07) is 7.22. The van der Waals surface area contributed by atoms with Crippen molar-refractivity contribution in [2.75, 3.05) is 28.3 Å². The normalized spacial score (nSPS) is 16.2. The van der Waals surface area contributed by atoms with E-state index >= 15 is 0 Å². The number of carbonyl (C=O) groups is 1. The fraction of sp³-hybridized carbons (Fsp3) is 0.429. The largest absolute Gasteiger partial charge is 0.444 e. The maximum Gasteiger partial charge on any atom is 0.411 e. The Hall–Kier alpha value is -1.52. The summed E-state index contributed by atoms with van der Waals surface area (Å²) in [5.41, 5.74) is 1.36. The number of thioether (sulfide) groups is 2. The molecule has 3 rings (SSSR count). The lowest BCUT2D eigenvalue weighted by Crippen LogP contribution is -2.27. The number of anilines is 1. The molecule has 0 spiro atoms. The lowest BCUT2D eigenvalue weighted by molar-refractivity contribution is 0.134. The lowest BCUT2D eigenvalue weighted by Gasteiger charge is -2.20. The highest BCUT2D eigenvalue weighted by Gasteiger charge is 2.16. The number of aromatic nitrogens is 4. The quantitative estimate of drug-likeness (QED) is 0.788. The van der Waals surface area contributed by atoms with E-state index in [1.165, 1.54) is 6.42 Å². The maximum atomic E-state index is 12.1. The van der Waals surface area contributed by atoms with Gasteiger partial charge in [-0.15, -0.1) is 0 Å². The number of H-pyrrole nitrogens is 1. The monoisotopic (exact) mass is 383 g/mol. The molecule has 2 heterocycles. The van der Waals surface area contributed by atoms with Crippen molar-refractivity contribution in [3.63, 3.8) is 0 Å². The molecule has 24 heavy (non-hydrogen) atoms. The van der Waals surface area contributed by atoms with E-state index in [1.54, 1.807) is 16.8 Å². The molecule has 1 saturated heterocycles. The number of aromatic amines is 1. The van der Waals surface area contributed by atoms with Crippen LogP contribution in [0.3, 0.4) is 0 Å². The van der Waals surface area contributed by atoms with Gasteiger partial charge in [-0.1, -0.05) is 16.4 Å². The third kappa shape index (κ3) is 4.74. The topological polar surface area (TPSA) is 84.8 Å². The molecule has 0 saturated carbocycles. The molecule has 1 aromatic heterocycles. The minimum Gasteiger partial charge on any atom is -0.444 e. The van der Waals surface area contributed by atoms with Crippen molar-refractivity contribution in [2.45, 2.75) is 12.5 Å². The van der Waals surface area contributed by atoms with Crippen LogP contribution in [0.5, 0.6) is 0 Å². The Morgan fingerprint density at radius 1 is 1.38 bits per heavy atom. The second-order valence-electron chi connectivity index (χ2n) is 5.12. The number of ether oxygens (including phenoxy) is 1. The summed E-state index contributed by atoms with van der Waals surface area (Å²) in [7, 11) is 0. The van der Waals surface area contributed by atoms with Crippen molar-refractivity contribution < 1.29 is 9.53 Å². The molecule has 2 N–H and O–H groups in total. The van der Waals surface area contributed by atoms with Crippen LogP contribution in [0.25, 0.3) is 5.69 Å². The van der Waals surface area contributed by atoms with Crippen molar-refractivity contribution in [3.05, 3.63) is 29.0 Å². The molecule has 1 fully saturated rings. The molecule has 0 aliphatic carbocycles. The molecule has 0 radical (unpaired) electrons. The number of tetrazole rings is 1. The molecular formula is C14H17N5O2S3. The summed E-state index contributed by atoms with van der Waals surface area (Å²) >= 11 is 8.75. The summed E-state index contributed by atoms with van der Waals surface area (Å²) in [6.45, 7) is 0. The van der Waals surface area contributed by atoms with Gasteiger partial charge in [-0.3, -0.25) is 5.32 Å². The molecule has 128 valence electrons. The van der Waals surface area contributed by atoms with Gasteiger partial charge in [0, 0.05) is 17.2 Å². The number of hydrogen-bond acceptors (Lipinski definition) is 7. The third-order valence-corrected chi connectivity index (χ3v) is 5.91. The van der Waals surface area contributed by atoms with Crippen LogP contribution in [0.1, 0.15) is 6.42 Å². The fourth-order valence-electron chi connectivity index (χ4n) is 2.20. The molecule has 1 aliphatic heterocycles. The molecular weight excluding hydrogens is 366 g/mol. The first-order valence-corrected chi connectivity index (χ1v) is 10.2. The van der Waals surface area contributed by atoms with Crippen LogP contribution < -0.4 is 5.32 Å². The number of hydrogen-bond donors (Lipinski definition) is 2. The number of rotatable bonds is 3. The summed E-state index contributed by atoms with van der Waals surface area (Å²) in [4.78, 5) is 12.1. The van der Waals surface area contributed by atoms with Crippen LogP contribution in [0, 0.1) is 4.77 Å². The van der Waals surface area contributed by atoms with E-state index in [2.05, 4.69) is 20.8 Å². The standard InChI is InChI=1S/C14H17N5O2S3/c20-14(21-12-8-23-5-2-6-24-9-12)15-10-3-1-4-11(7-10)19-13(22)16-17-18-19/h1,3-4,7,12H,2,5-6,8-9H2,(H,15,20)(H,16,18,22). The Labute approximate surface area is 152 Å². The second kappa shape index (κ2) is 8.54. The predicted molar refractivity (Wildman–Crippen MR) is 99.7 cm³/mol. The summed E-state index contributed by atoms with van der Waals surface area (Å²) in [5.74, 6) is 3.93. The zero-order chi connectivity index (χ0) is 16.8. The molecule has 0 unspecified atom stereocenters. The number of amides is 1. The van der Waals surface area contributed by atoms with E-state index in [4.69, 9.17) is 17.0 Å². The molecule has 2 aromatic rings. The Balaban J connectivity index is 1.62. The Bertz CT molecular complexity index is 740. The summed E-state index contributed by atoms with van der Waals surface area (Å²) < 4.78 is 7.40. The summed E-state index contributed by atoms with van der Waals surface area (Å²) in [6.07, 6.45) is 0.714. The second-order valence-corrected chi connectivity index (χ2v) is 7.79. The number of carbonyl (C=O) groups excluding carboxylic acids is 1. The van der Waals surface area contributed by atoms with Crippen molar-refractivity contribution in [1.29, 1.82) is 0 Å². The Kier molecular flexibility index (Phi) is 6.16. The van der Waals surface area contributed by atoms with Crippen molar-refractivity contribution in [1.82, 2.24) is 20.2 Å². The van der Waals surface area contributed by atoms with Gasteiger partial charge in [0.1, 0.15) is 6.10 Å². The van der Waals surface area contributed by atoms with Crippen molar-refractivity contribution in [2.24, 2.45) is 0 Å². The highest BCUT2D eigenvalue weighted by molar-refractivity contribution is 8.00. The fourth-order valence-corrected chi connectivity index (χ4v) is 4.64. The number of nitrogens with zero attached hydrogens (tertiary/aromatic N) is 3. The van der Waals surface area contributed by atoms with E-state index in [0.717, 1.165) is 28.7 Å². The molecule has 1 aliphatic rings. The van der Waals surface area contributed by atoms with Crippen LogP contribution in [-0.2, 0) is 4.74 Å². The zero-order valence-corrected chi connectivity index (χ0v) is 15.3. The highest BCUT2D eigenvalue weighted by Crippen LogP contribution is 2.19. The van der Waals surface area contributed by atoms with Gasteiger partial charge in [0.05, 0.1) is 5.69 Å². The molecule has 10 heteroatoms. The Morgan fingerprint density at radius 2 is 2.17 bits per heavy atom. The first-order chi connectivity index (χ1) is 11.7. The van der Waals surface area contributed by atoms with Gasteiger partial charge in [0.15, 0.2) is 0 Å². The van der Waals surface area contributed by atoms with Gasteiger partial charge in [-0.2, -0.15) is 28.7 Å². The molecule has 1 amide bonds. The van der Waals surface area contributed by atoms with Gasteiger partial charge in [0.25, 0.3) is 0 Å². The average Bonchev–Trinajstić information content (AvgIpc) is 2.96. The summed E-state index contributed by atoms with van der Waals surface area (Å²) in [5, 5.41) is 12.8. The third-order valence-electron chi connectivity index (χ3n) is 3.28. The van der Waals surface area contributed by atoms with Crippen LogP contribution in [0.15, 0.2) is 24.3 Å². The number of nitrogens with one attached hydrogen (secondary N) is 2. The van der Waals surface area contributed by atoms with Gasteiger partial charge < -0.3 is 4.74 Å². The predicted octanol–water partition coefficient (Wildman–Crippen LogP) is 3.11. The van der Waals surface area contributed by atoms with Gasteiger partial charge in [-0.25, -0.2) is 9.48 Å². The Morgan fingerprint density at radius 3 is 2.88 bits per heavy atom. The maximum absolute atomic E-state index is 12.1. The molecule has 0 atom stereocenters. The minimum absolute atomic E-state index is 0.0612. The molecule has 1 aromatic carbocycles. The lowest BCUT2D eigenvalue weighted by atomic mass is 10.3. The smallest absolute Gasteiger partial charge is 0.411 e. The SMILES string of the molecule is O=C(Nc1cccc(-n2[nH]nnc2=S)c1)OC1CSCCCSC1. The first kappa shape index (κ1) is 17.3. The van der Waals surface area contributed by atoms with Crippen LogP contribution >= 0.6 is 35.7 Å². The number of benzene rings is 1. The zero-order valence-electron chi connectivity index (χ0n) is 12.8. The van der Waals surface area contributed by atoms with E-state index < -0.39 is 6.09 Å². The first-order valence-electron chi connectivity index (χ1n) is 7.46. The minimum atomic E-state index is -0.440. The van der Waals surface area contributed by atoms with Gasteiger partial charge in [-0.05, 0) is 48.3 Å². The van der Waals surface area contributed by atoms with Gasteiger partial charge >= 0.3 is 6.09 Å². The van der Waals surface area contributed by atoms with Gasteiger partial charge in [0.2, 0.25) is 4.77 Å². The molecule has 0 bridgehead atoms. The van der Waals surface area contributed by atoms with E-state index in [1.807, 2.05) is 35.7 Å². The highest BCUT2D eigenvalue weighted by atomic mass is 32.2. The van der Waals surface area contributed by atoms with E-state index in [0.29, 0.717) is 10.5 Å². The van der Waals surface area contributed by atoms with Crippen LogP contribution in [0.2, 0.25) is 0 Å². The van der Waals surface area contributed by atoms with Crippen molar-refractivity contribution in [3.8, 4) is 5.69 Å². The van der Waals surface area contributed by atoms with Crippen molar-refractivity contribution >= 4 is 47.5 Å². The van der Waals surface area contributed by atoms with E-state index in [9.17, 15) is 4.79 Å². The average molecular weight is 384 g/mol. The van der Waals surface area contributed by atoms with Crippen LogP contribution in [-0.4, -0.2) is 55.4 Å². The molecule has 7 nitrogen and oxygen atoms in total. The van der Waals surface area contributed by atoms with E-state index in [-0.39, 0.29) is 6.10 Å². The van der Waals surface area contributed by atoms with Crippen LogP contribution in [0.4, 0.5) is 10.5 Å².